The van der Waals surface area contributed by atoms with E-state index in [0.29, 0.717) is 6.04 Å². The summed E-state index contributed by atoms with van der Waals surface area (Å²) in [5.74, 6) is 0.139. The predicted octanol–water partition coefficient (Wildman–Crippen LogP) is 3.44. The van der Waals surface area contributed by atoms with Crippen LogP contribution in [0.2, 0.25) is 0 Å². The normalized spacial score (nSPS) is 11.2. The van der Waals surface area contributed by atoms with E-state index >= 15 is 0 Å². The standard InChI is InChI=1S/C16H21N3S/c1-12(2)19(11-14-7-5-9-20-14)10-13-6-3-4-8-15(13)16(17)18/h3-9,12H,10-11H2,1-2H3,(H3,17,18). The molecular formula is C16H21N3S. The molecule has 0 spiro atoms. The van der Waals surface area contributed by atoms with Crippen LogP contribution in [0.25, 0.3) is 0 Å². The first-order valence-electron chi connectivity index (χ1n) is 6.76. The minimum absolute atomic E-state index is 0.139. The highest BCUT2D eigenvalue weighted by Gasteiger charge is 2.14. The van der Waals surface area contributed by atoms with Crippen LogP contribution in [0.4, 0.5) is 0 Å². The van der Waals surface area contributed by atoms with Gasteiger partial charge in [0.15, 0.2) is 0 Å². The van der Waals surface area contributed by atoms with E-state index in [1.807, 2.05) is 18.2 Å². The lowest BCUT2D eigenvalue weighted by Gasteiger charge is -2.27. The molecule has 0 radical (unpaired) electrons. The van der Waals surface area contributed by atoms with Crippen LogP contribution >= 0.6 is 11.3 Å². The SMILES string of the molecule is CC(C)N(Cc1cccs1)Cc1ccccc1C(=N)N. The molecule has 2 aromatic rings. The Bertz CT molecular complexity index is 561. The second-order valence-electron chi connectivity index (χ2n) is 5.15. The third-order valence-corrected chi connectivity index (χ3v) is 4.21. The minimum atomic E-state index is 0.139. The number of benzene rings is 1. The van der Waals surface area contributed by atoms with Gasteiger partial charge in [-0.15, -0.1) is 11.3 Å². The Kier molecular flexibility index (Phi) is 4.93. The van der Waals surface area contributed by atoms with E-state index in [9.17, 15) is 0 Å². The largest absolute Gasteiger partial charge is 0.384 e. The molecule has 3 nitrogen and oxygen atoms in total. The number of nitrogen functional groups attached to an aromatic ring is 1. The average Bonchev–Trinajstić information content (AvgIpc) is 2.91. The quantitative estimate of drug-likeness (QED) is 0.631. The fraction of sp³-hybridized carbons (Fsp3) is 0.312. The van der Waals surface area contributed by atoms with Crippen molar-refractivity contribution in [2.45, 2.75) is 33.0 Å². The molecule has 3 N–H and O–H groups in total. The summed E-state index contributed by atoms with van der Waals surface area (Å²) in [6.07, 6.45) is 0. The number of nitrogens with two attached hydrogens (primary N) is 1. The molecular weight excluding hydrogens is 266 g/mol. The van der Waals surface area contributed by atoms with Crippen molar-refractivity contribution in [2.75, 3.05) is 0 Å². The van der Waals surface area contributed by atoms with E-state index in [2.05, 4.69) is 42.3 Å². The molecule has 1 aromatic heterocycles. The van der Waals surface area contributed by atoms with E-state index in [0.717, 1.165) is 24.2 Å². The van der Waals surface area contributed by atoms with E-state index < -0.39 is 0 Å². The second-order valence-corrected chi connectivity index (χ2v) is 6.18. The Labute approximate surface area is 124 Å². The molecule has 1 heterocycles. The van der Waals surface area contributed by atoms with Gasteiger partial charge in [0.1, 0.15) is 5.84 Å². The summed E-state index contributed by atoms with van der Waals surface area (Å²) in [6.45, 7) is 6.14. The lowest BCUT2D eigenvalue weighted by Crippen LogP contribution is -2.30. The highest BCUT2D eigenvalue weighted by Crippen LogP contribution is 2.18. The van der Waals surface area contributed by atoms with Crippen molar-refractivity contribution in [1.82, 2.24) is 4.90 Å². The average molecular weight is 287 g/mol. The Morgan fingerprint density at radius 2 is 1.95 bits per heavy atom. The van der Waals surface area contributed by atoms with Gasteiger partial charge >= 0.3 is 0 Å². The summed E-state index contributed by atoms with van der Waals surface area (Å²) >= 11 is 1.78. The first kappa shape index (κ1) is 14.8. The van der Waals surface area contributed by atoms with Crippen molar-refractivity contribution in [3.05, 3.63) is 57.8 Å². The van der Waals surface area contributed by atoms with Crippen LogP contribution in [-0.4, -0.2) is 16.8 Å². The molecule has 0 fully saturated rings. The molecule has 0 bridgehead atoms. The minimum Gasteiger partial charge on any atom is -0.384 e. The van der Waals surface area contributed by atoms with Gasteiger partial charge in [-0.05, 0) is 30.9 Å². The molecule has 1 aromatic carbocycles. The number of hydrogen-bond acceptors (Lipinski definition) is 3. The first-order chi connectivity index (χ1) is 9.58. The van der Waals surface area contributed by atoms with Gasteiger partial charge in [0.05, 0.1) is 0 Å². The summed E-state index contributed by atoms with van der Waals surface area (Å²) in [5.41, 5.74) is 7.62. The molecule has 0 atom stereocenters. The zero-order valence-corrected chi connectivity index (χ0v) is 12.8. The lowest BCUT2D eigenvalue weighted by atomic mass is 10.1. The maximum Gasteiger partial charge on any atom is 0.123 e. The van der Waals surface area contributed by atoms with E-state index in [1.54, 1.807) is 11.3 Å². The fourth-order valence-electron chi connectivity index (χ4n) is 2.16. The number of nitrogens with zero attached hydrogens (tertiary/aromatic N) is 1. The van der Waals surface area contributed by atoms with Crippen molar-refractivity contribution in [1.29, 1.82) is 5.41 Å². The predicted molar refractivity (Wildman–Crippen MR) is 86.2 cm³/mol. The van der Waals surface area contributed by atoms with Crippen LogP contribution in [0, 0.1) is 5.41 Å². The van der Waals surface area contributed by atoms with E-state index in [1.165, 1.54) is 4.88 Å². The van der Waals surface area contributed by atoms with Crippen molar-refractivity contribution < 1.29 is 0 Å². The summed E-state index contributed by atoms with van der Waals surface area (Å²) in [4.78, 5) is 3.76. The molecule has 0 unspecified atom stereocenters. The topological polar surface area (TPSA) is 53.1 Å². The fourth-order valence-corrected chi connectivity index (χ4v) is 2.89. The summed E-state index contributed by atoms with van der Waals surface area (Å²) < 4.78 is 0. The smallest absolute Gasteiger partial charge is 0.123 e. The number of amidine groups is 1. The Hall–Kier alpha value is -1.65. The van der Waals surface area contributed by atoms with Crippen molar-refractivity contribution >= 4 is 17.2 Å². The zero-order chi connectivity index (χ0) is 14.5. The Balaban J connectivity index is 2.18. The number of nitrogens with one attached hydrogen (secondary N) is 1. The molecule has 0 saturated heterocycles. The maximum atomic E-state index is 7.69. The monoisotopic (exact) mass is 287 g/mol. The van der Waals surface area contributed by atoms with Crippen LogP contribution in [-0.2, 0) is 13.1 Å². The molecule has 20 heavy (non-hydrogen) atoms. The molecule has 4 heteroatoms. The van der Waals surface area contributed by atoms with Gasteiger partial charge in [-0.2, -0.15) is 0 Å². The van der Waals surface area contributed by atoms with E-state index in [-0.39, 0.29) is 5.84 Å². The van der Waals surface area contributed by atoms with Crippen molar-refractivity contribution in [3.63, 3.8) is 0 Å². The molecule has 0 aliphatic heterocycles. The molecule has 0 amide bonds. The third-order valence-electron chi connectivity index (χ3n) is 3.35. The Morgan fingerprint density at radius 1 is 1.20 bits per heavy atom. The van der Waals surface area contributed by atoms with Crippen LogP contribution in [0.1, 0.15) is 29.9 Å². The molecule has 2 rings (SSSR count). The molecule has 106 valence electrons. The van der Waals surface area contributed by atoms with Crippen molar-refractivity contribution in [3.8, 4) is 0 Å². The van der Waals surface area contributed by atoms with E-state index in [4.69, 9.17) is 11.1 Å². The van der Waals surface area contributed by atoms with Gasteiger partial charge in [0, 0.05) is 29.6 Å². The highest BCUT2D eigenvalue weighted by atomic mass is 32.1. The molecule has 0 aliphatic carbocycles. The molecule has 0 saturated carbocycles. The van der Waals surface area contributed by atoms with Crippen LogP contribution in [0.5, 0.6) is 0 Å². The summed E-state index contributed by atoms with van der Waals surface area (Å²) in [5, 5.41) is 9.79. The van der Waals surface area contributed by atoms with Crippen LogP contribution < -0.4 is 5.73 Å². The van der Waals surface area contributed by atoms with Gasteiger partial charge in [-0.25, -0.2) is 0 Å². The van der Waals surface area contributed by atoms with Gasteiger partial charge in [-0.1, -0.05) is 30.3 Å². The third kappa shape index (κ3) is 3.68. The zero-order valence-electron chi connectivity index (χ0n) is 12.0. The van der Waals surface area contributed by atoms with Gasteiger partial charge in [0.25, 0.3) is 0 Å². The van der Waals surface area contributed by atoms with Gasteiger partial charge in [-0.3, -0.25) is 10.3 Å². The summed E-state index contributed by atoms with van der Waals surface area (Å²) in [6, 6.07) is 12.6. The lowest BCUT2D eigenvalue weighted by molar-refractivity contribution is 0.205. The first-order valence-corrected chi connectivity index (χ1v) is 7.64. The van der Waals surface area contributed by atoms with Crippen molar-refractivity contribution in [2.24, 2.45) is 5.73 Å². The van der Waals surface area contributed by atoms with Gasteiger partial charge < -0.3 is 5.73 Å². The Morgan fingerprint density at radius 3 is 2.55 bits per heavy atom. The molecule has 0 aliphatic rings. The maximum absolute atomic E-state index is 7.69. The summed E-state index contributed by atoms with van der Waals surface area (Å²) in [7, 11) is 0. The highest BCUT2D eigenvalue weighted by molar-refractivity contribution is 7.09. The van der Waals surface area contributed by atoms with Crippen LogP contribution in [0.15, 0.2) is 41.8 Å². The number of thiophene rings is 1. The number of rotatable bonds is 6. The number of hydrogen-bond donors (Lipinski definition) is 2. The second kappa shape index (κ2) is 6.68. The van der Waals surface area contributed by atoms with Crippen LogP contribution in [0.3, 0.4) is 0 Å². The van der Waals surface area contributed by atoms with Gasteiger partial charge in [0.2, 0.25) is 0 Å².